The van der Waals surface area contributed by atoms with Crippen molar-refractivity contribution in [1.82, 2.24) is 4.98 Å². The van der Waals surface area contributed by atoms with Gasteiger partial charge < -0.3 is 5.73 Å². The minimum atomic E-state index is 0.818. The van der Waals surface area contributed by atoms with E-state index in [0.29, 0.717) is 0 Å². The standard InChI is InChI=1S/C16H16N2S/c1-2-5-14-18-15(16(17)19-14)13-9-8-11-6-3-4-7-12(11)10-13/h3-4,6-10H,2,5,17H2,1H3. The highest BCUT2D eigenvalue weighted by molar-refractivity contribution is 7.16. The van der Waals surface area contributed by atoms with Gasteiger partial charge in [-0.2, -0.15) is 0 Å². The van der Waals surface area contributed by atoms with Crippen LogP contribution in [0.3, 0.4) is 0 Å². The van der Waals surface area contributed by atoms with Crippen LogP contribution in [0.4, 0.5) is 5.00 Å². The van der Waals surface area contributed by atoms with Gasteiger partial charge in [-0.15, -0.1) is 11.3 Å². The number of anilines is 1. The normalized spacial score (nSPS) is 11.0. The molecule has 2 aromatic carbocycles. The number of thiazole rings is 1. The maximum absolute atomic E-state index is 6.10. The molecule has 0 spiro atoms. The Morgan fingerprint density at radius 2 is 1.89 bits per heavy atom. The zero-order valence-electron chi connectivity index (χ0n) is 10.9. The molecule has 0 saturated carbocycles. The number of hydrogen-bond acceptors (Lipinski definition) is 3. The van der Waals surface area contributed by atoms with Gasteiger partial charge in [0.05, 0.1) is 5.01 Å². The lowest BCUT2D eigenvalue weighted by Crippen LogP contribution is -1.86. The monoisotopic (exact) mass is 268 g/mol. The van der Waals surface area contributed by atoms with Crippen molar-refractivity contribution in [2.45, 2.75) is 19.8 Å². The number of fused-ring (bicyclic) bond motifs is 1. The summed E-state index contributed by atoms with van der Waals surface area (Å²) < 4.78 is 0. The second-order valence-electron chi connectivity index (χ2n) is 4.63. The van der Waals surface area contributed by atoms with E-state index in [1.54, 1.807) is 11.3 Å². The van der Waals surface area contributed by atoms with Gasteiger partial charge in [0, 0.05) is 5.56 Å². The molecule has 1 heterocycles. The Hall–Kier alpha value is -1.87. The quantitative estimate of drug-likeness (QED) is 0.759. The molecule has 2 N–H and O–H groups in total. The highest BCUT2D eigenvalue weighted by Crippen LogP contribution is 2.32. The summed E-state index contributed by atoms with van der Waals surface area (Å²) in [6, 6.07) is 14.7. The smallest absolute Gasteiger partial charge is 0.114 e. The average molecular weight is 268 g/mol. The highest BCUT2D eigenvalue weighted by atomic mass is 32.1. The fraction of sp³-hybridized carbons (Fsp3) is 0.188. The second kappa shape index (κ2) is 5.02. The van der Waals surface area contributed by atoms with E-state index in [2.05, 4.69) is 54.4 Å². The number of hydrogen-bond donors (Lipinski definition) is 1. The Morgan fingerprint density at radius 1 is 1.11 bits per heavy atom. The van der Waals surface area contributed by atoms with Crippen molar-refractivity contribution < 1.29 is 0 Å². The van der Waals surface area contributed by atoms with Crippen LogP contribution in [0.25, 0.3) is 22.0 Å². The van der Waals surface area contributed by atoms with Gasteiger partial charge in [0.25, 0.3) is 0 Å². The van der Waals surface area contributed by atoms with Gasteiger partial charge in [-0.3, -0.25) is 0 Å². The molecule has 0 amide bonds. The average Bonchev–Trinajstić information content (AvgIpc) is 2.79. The Morgan fingerprint density at radius 3 is 2.68 bits per heavy atom. The molecule has 2 nitrogen and oxygen atoms in total. The number of nitrogen functional groups attached to an aromatic ring is 1. The van der Waals surface area contributed by atoms with Gasteiger partial charge in [-0.25, -0.2) is 4.98 Å². The number of nitrogens with zero attached hydrogens (tertiary/aromatic N) is 1. The largest absolute Gasteiger partial charge is 0.389 e. The number of aryl methyl sites for hydroxylation is 1. The molecule has 96 valence electrons. The van der Waals surface area contributed by atoms with Crippen LogP contribution in [-0.2, 0) is 6.42 Å². The van der Waals surface area contributed by atoms with Crippen molar-refractivity contribution in [3.8, 4) is 11.3 Å². The van der Waals surface area contributed by atoms with Crippen molar-refractivity contribution in [3.63, 3.8) is 0 Å². The molecule has 1 aromatic heterocycles. The summed E-state index contributed by atoms with van der Waals surface area (Å²) in [5.74, 6) is 0. The van der Waals surface area contributed by atoms with E-state index in [0.717, 1.165) is 34.1 Å². The Balaban J connectivity index is 2.08. The summed E-state index contributed by atoms with van der Waals surface area (Å²) in [5, 5.41) is 4.42. The van der Waals surface area contributed by atoms with E-state index in [9.17, 15) is 0 Å². The Bertz CT molecular complexity index is 716. The predicted molar refractivity (Wildman–Crippen MR) is 83.5 cm³/mol. The number of rotatable bonds is 3. The molecule has 3 heteroatoms. The van der Waals surface area contributed by atoms with Crippen LogP contribution < -0.4 is 5.73 Å². The minimum absolute atomic E-state index is 0.818. The van der Waals surface area contributed by atoms with Crippen molar-refractivity contribution in [2.75, 3.05) is 5.73 Å². The summed E-state index contributed by atoms with van der Waals surface area (Å²) in [4.78, 5) is 4.67. The van der Waals surface area contributed by atoms with Gasteiger partial charge in [0.2, 0.25) is 0 Å². The lowest BCUT2D eigenvalue weighted by molar-refractivity contribution is 0.910. The molecule has 0 aliphatic rings. The van der Waals surface area contributed by atoms with Crippen LogP contribution in [0.2, 0.25) is 0 Å². The molecule has 0 fully saturated rings. The van der Waals surface area contributed by atoms with Crippen LogP contribution >= 0.6 is 11.3 Å². The van der Waals surface area contributed by atoms with Crippen molar-refractivity contribution in [3.05, 3.63) is 47.5 Å². The van der Waals surface area contributed by atoms with Crippen LogP contribution in [0.15, 0.2) is 42.5 Å². The summed E-state index contributed by atoms with van der Waals surface area (Å²) >= 11 is 1.61. The van der Waals surface area contributed by atoms with Crippen LogP contribution in [0.1, 0.15) is 18.4 Å². The Kier molecular flexibility index (Phi) is 3.22. The molecule has 0 aliphatic carbocycles. The number of aromatic nitrogens is 1. The third-order valence-corrected chi connectivity index (χ3v) is 4.13. The van der Waals surface area contributed by atoms with Gasteiger partial charge in [0.1, 0.15) is 10.7 Å². The molecule has 0 aliphatic heterocycles. The van der Waals surface area contributed by atoms with E-state index in [4.69, 9.17) is 5.73 Å². The van der Waals surface area contributed by atoms with E-state index in [1.165, 1.54) is 10.8 Å². The van der Waals surface area contributed by atoms with E-state index >= 15 is 0 Å². The third-order valence-electron chi connectivity index (χ3n) is 3.18. The maximum Gasteiger partial charge on any atom is 0.114 e. The minimum Gasteiger partial charge on any atom is -0.389 e. The lowest BCUT2D eigenvalue weighted by Gasteiger charge is -2.02. The molecular formula is C16H16N2S. The van der Waals surface area contributed by atoms with Gasteiger partial charge in [-0.05, 0) is 29.7 Å². The first-order valence-electron chi connectivity index (χ1n) is 6.52. The molecular weight excluding hydrogens is 252 g/mol. The maximum atomic E-state index is 6.10. The van der Waals surface area contributed by atoms with E-state index in [1.807, 2.05) is 0 Å². The molecule has 19 heavy (non-hydrogen) atoms. The lowest BCUT2D eigenvalue weighted by atomic mass is 10.1. The molecule has 3 aromatic rings. The first-order chi connectivity index (χ1) is 9.28. The molecule has 0 unspecified atom stereocenters. The van der Waals surface area contributed by atoms with Gasteiger partial charge >= 0.3 is 0 Å². The van der Waals surface area contributed by atoms with Crippen molar-refractivity contribution >= 4 is 27.1 Å². The first-order valence-corrected chi connectivity index (χ1v) is 7.34. The molecule has 0 bridgehead atoms. The summed E-state index contributed by atoms with van der Waals surface area (Å²) in [7, 11) is 0. The van der Waals surface area contributed by atoms with Crippen molar-refractivity contribution in [1.29, 1.82) is 0 Å². The van der Waals surface area contributed by atoms with E-state index < -0.39 is 0 Å². The van der Waals surface area contributed by atoms with Gasteiger partial charge in [0.15, 0.2) is 0 Å². The third kappa shape index (κ3) is 2.34. The topological polar surface area (TPSA) is 38.9 Å². The molecule has 0 radical (unpaired) electrons. The van der Waals surface area contributed by atoms with Crippen LogP contribution in [0.5, 0.6) is 0 Å². The van der Waals surface area contributed by atoms with E-state index in [-0.39, 0.29) is 0 Å². The summed E-state index contributed by atoms with van der Waals surface area (Å²) in [6.45, 7) is 2.16. The molecule has 0 saturated heterocycles. The zero-order chi connectivity index (χ0) is 13.2. The van der Waals surface area contributed by atoms with Crippen molar-refractivity contribution in [2.24, 2.45) is 0 Å². The second-order valence-corrected chi connectivity index (χ2v) is 5.75. The predicted octanol–water partition coefficient (Wildman–Crippen LogP) is 4.50. The summed E-state index contributed by atoms with van der Waals surface area (Å²) in [6.07, 6.45) is 2.10. The fourth-order valence-corrected chi connectivity index (χ4v) is 3.20. The number of nitrogens with two attached hydrogens (primary N) is 1. The molecule has 0 atom stereocenters. The number of benzene rings is 2. The Labute approximate surface area is 116 Å². The van der Waals surface area contributed by atoms with Crippen LogP contribution in [-0.4, -0.2) is 4.98 Å². The highest BCUT2D eigenvalue weighted by Gasteiger charge is 2.10. The summed E-state index contributed by atoms with van der Waals surface area (Å²) in [5.41, 5.74) is 8.14. The van der Waals surface area contributed by atoms with Gasteiger partial charge in [-0.1, -0.05) is 43.3 Å². The fourth-order valence-electron chi connectivity index (χ4n) is 2.24. The SMILES string of the molecule is CCCc1nc(-c2ccc3ccccc3c2)c(N)s1. The van der Waals surface area contributed by atoms with Crippen LogP contribution in [0, 0.1) is 0 Å². The first kappa shape index (κ1) is 12.2. The zero-order valence-corrected chi connectivity index (χ0v) is 11.7. The molecule has 3 rings (SSSR count).